The number of nitrogens with zero attached hydrogens (tertiary/aromatic N) is 1. The summed E-state index contributed by atoms with van der Waals surface area (Å²) >= 11 is 0. The van der Waals surface area contributed by atoms with E-state index in [1.54, 1.807) is 0 Å². The summed E-state index contributed by atoms with van der Waals surface area (Å²) < 4.78 is 0. The first-order valence-electron chi connectivity index (χ1n) is 6.70. The van der Waals surface area contributed by atoms with Crippen LogP contribution in [0.5, 0.6) is 0 Å². The molecule has 0 atom stereocenters. The van der Waals surface area contributed by atoms with E-state index in [0.717, 1.165) is 31.7 Å². The Labute approximate surface area is 110 Å². The average molecular weight is 248 g/mol. The number of amides is 1. The summed E-state index contributed by atoms with van der Waals surface area (Å²) in [5.74, 6) is 0.103. The Hall–Kier alpha value is -1.35. The number of hydrogen-bond donors (Lipinski definition) is 1. The van der Waals surface area contributed by atoms with Crippen LogP contribution in [0.4, 0.5) is 0 Å². The zero-order valence-electron chi connectivity index (χ0n) is 11.7. The van der Waals surface area contributed by atoms with Gasteiger partial charge in [0, 0.05) is 13.1 Å². The molecule has 100 valence electrons. The number of hydrogen-bond acceptors (Lipinski definition) is 2. The predicted octanol–water partition coefficient (Wildman–Crippen LogP) is 2.00. The molecule has 1 amide bonds. The molecule has 0 radical (unpaired) electrons. The zero-order valence-corrected chi connectivity index (χ0v) is 11.7. The van der Waals surface area contributed by atoms with Gasteiger partial charge in [-0.15, -0.1) is 0 Å². The Morgan fingerprint density at radius 3 is 2.33 bits per heavy atom. The maximum atomic E-state index is 11.7. The van der Waals surface area contributed by atoms with Crippen molar-refractivity contribution in [3.8, 4) is 0 Å². The summed E-state index contributed by atoms with van der Waals surface area (Å²) in [6.07, 6.45) is 0.471. The van der Waals surface area contributed by atoms with Gasteiger partial charge in [-0.2, -0.15) is 0 Å². The van der Waals surface area contributed by atoms with Gasteiger partial charge in [0.1, 0.15) is 0 Å². The smallest absolute Gasteiger partial charge is 0.224 e. The van der Waals surface area contributed by atoms with Crippen molar-refractivity contribution >= 4 is 5.91 Å². The lowest BCUT2D eigenvalue weighted by molar-refractivity contribution is -0.120. The lowest BCUT2D eigenvalue weighted by Crippen LogP contribution is -2.35. The van der Waals surface area contributed by atoms with Crippen LogP contribution in [0.2, 0.25) is 0 Å². The molecule has 0 fully saturated rings. The van der Waals surface area contributed by atoms with E-state index in [2.05, 4.69) is 24.1 Å². The standard InChI is InChI=1S/C15H24N2O/c1-4-17(5-2)11-10-16-15(18)12-14-8-6-13(3)7-9-14/h6-9H,4-5,10-12H2,1-3H3,(H,16,18). The molecule has 3 nitrogen and oxygen atoms in total. The largest absolute Gasteiger partial charge is 0.355 e. The molecule has 0 aliphatic heterocycles. The monoisotopic (exact) mass is 248 g/mol. The summed E-state index contributed by atoms with van der Waals surface area (Å²) in [7, 11) is 0. The zero-order chi connectivity index (χ0) is 13.4. The lowest BCUT2D eigenvalue weighted by atomic mass is 10.1. The molecule has 0 saturated carbocycles. The van der Waals surface area contributed by atoms with Gasteiger partial charge in [0.2, 0.25) is 5.91 Å². The van der Waals surface area contributed by atoms with Gasteiger partial charge >= 0.3 is 0 Å². The van der Waals surface area contributed by atoms with Gasteiger partial charge in [-0.05, 0) is 25.6 Å². The van der Waals surface area contributed by atoms with E-state index < -0.39 is 0 Å². The molecule has 0 heterocycles. The van der Waals surface area contributed by atoms with Crippen LogP contribution in [0.1, 0.15) is 25.0 Å². The molecular weight excluding hydrogens is 224 g/mol. The maximum absolute atomic E-state index is 11.7. The van der Waals surface area contributed by atoms with E-state index in [1.807, 2.05) is 31.2 Å². The van der Waals surface area contributed by atoms with Crippen LogP contribution in [0.25, 0.3) is 0 Å². The molecule has 0 saturated heterocycles. The Morgan fingerprint density at radius 2 is 1.78 bits per heavy atom. The summed E-state index contributed by atoms with van der Waals surface area (Å²) in [4.78, 5) is 14.0. The highest BCUT2D eigenvalue weighted by molar-refractivity contribution is 5.78. The maximum Gasteiger partial charge on any atom is 0.224 e. The molecular formula is C15H24N2O. The normalized spacial score (nSPS) is 10.7. The first kappa shape index (κ1) is 14.7. The van der Waals surface area contributed by atoms with Crippen molar-refractivity contribution in [1.29, 1.82) is 0 Å². The van der Waals surface area contributed by atoms with Crippen molar-refractivity contribution in [2.45, 2.75) is 27.2 Å². The van der Waals surface area contributed by atoms with Crippen molar-refractivity contribution in [2.24, 2.45) is 0 Å². The third-order valence-electron chi connectivity index (χ3n) is 3.13. The van der Waals surface area contributed by atoms with E-state index in [0.29, 0.717) is 6.42 Å². The van der Waals surface area contributed by atoms with Gasteiger partial charge in [0.15, 0.2) is 0 Å². The number of benzene rings is 1. The van der Waals surface area contributed by atoms with Crippen LogP contribution in [-0.4, -0.2) is 37.0 Å². The number of carbonyl (C=O) groups excluding carboxylic acids is 1. The molecule has 18 heavy (non-hydrogen) atoms. The fourth-order valence-corrected chi connectivity index (χ4v) is 1.85. The van der Waals surface area contributed by atoms with Crippen LogP contribution < -0.4 is 5.32 Å². The van der Waals surface area contributed by atoms with Crippen LogP contribution in [0.15, 0.2) is 24.3 Å². The fraction of sp³-hybridized carbons (Fsp3) is 0.533. The van der Waals surface area contributed by atoms with Crippen LogP contribution in [0, 0.1) is 6.92 Å². The molecule has 1 N–H and O–H groups in total. The minimum Gasteiger partial charge on any atom is -0.355 e. The summed E-state index contributed by atoms with van der Waals surface area (Å²) in [6, 6.07) is 8.11. The molecule has 0 aliphatic carbocycles. The van der Waals surface area contributed by atoms with Gasteiger partial charge in [-0.1, -0.05) is 43.7 Å². The Morgan fingerprint density at radius 1 is 1.17 bits per heavy atom. The minimum atomic E-state index is 0.103. The topological polar surface area (TPSA) is 32.3 Å². The third kappa shape index (κ3) is 5.32. The molecule has 0 unspecified atom stereocenters. The van der Waals surface area contributed by atoms with E-state index >= 15 is 0 Å². The van der Waals surface area contributed by atoms with Crippen LogP contribution in [0.3, 0.4) is 0 Å². The molecule has 0 spiro atoms. The van der Waals surface area contributed by atoms with Crippen molar-refractivity contribution in [2.75, 3.05) is 26.2 Å². The highest BCUT2D eigenvalue weighted by Gasteiger charge is 2.04. The minimum absolute atomic E-state index is 0.103. The Balaban J connectivity index is 2.27. The lowest BCUT2D eigenvalue weighted by Gasteiger charge is -2.17. The van der Waals surface area contributed by atoms with Gasteiger partial charge in [-0.3, -0.25) is 4.79 Å². The van der Waals surface area contributed by atoms with E-state index in [1.165, 1.54) is 5.56 Å². The summed E-state index contributed by atoms with van der Waals surface area (Å²) in [5, 5.41) is 2.96. The molecule has 0 aliphatic rings. The molecule has 0 aromatic heterocycles. The first-order valence-corrected chi connectivity index (χ1v) is 6.70. The van der Waals surface area contributed by atoms with Crippen LogP contribution in [-0.2, 0) is 11.2 Å². The van der Waals surface area contributed by atoms with Crippen molar-refractivity contribution in [1.82, 2.24) is 10.2 Å². The quantitative estimate of drug-likeness (QED) is 0.800. The van der Waals surface area contributed by atoms with Crippen molar-refractivity contribution < 1.29 is 4.79 Å². The van der Waals surface area contributed by atoms with E-state index in [-0.39, 0.29) is 5.91 Å². The number of nitrogens with one attached hydrogen (secondary N) is 1. The van der Waals surface area contributed by atoms with Crippen LogP contribution >= 0.6 is 0 Å². The number of aryl methyl sites for hydroxylation is 1. The second kappa shape index (κ2) is 7.88. The highest BCUT2D eigenvalue weighted by atomic mass is 16.1. The Bertz CT molecular complexity index is 355. The number of carbonyl (C=O) groups is 1. The average Bonchev–Trinajstić information content (AvgIpc) is 2.37. The SMILES string of the molecule is CCN(CC)CCNC(=O)Cc1ccc(C)cc1. The fourth-order valence-electron chi connectivity index (χ4n) is 1.85. The highest BCUT2D eigenvalue weighted by Crippen LogP contribution is 2.03. The first-order chi connectivity index (χ1) is 8.65. The van der Waals surface area contributed by atoms with Gasteiger partial charge < -0.3 is 10.2 Å². The number of rotatable bonds is 7. The van der Waals surface area contributed by atoms with Crippen molar-refractivity contribution in [3.05, 3.63) is 35.4 Å². The number of likely N-dealkylation sites (N-methyl/N-ethyl adjacent to an activating group) is 1. The summed E-state index contributed by atoms with van der Waals surface area (Å²) in [6.45, 7) is 10.0. The van der Waals surface area contributed by atoms with Gasteiger partial charge in [0.25, 0.3) is 0 Å². The predicted molar refractivity (Wildman–Crippen MR) is 75.7 cm³/mol. The second-order valence-electron chi connectivity index (χ2n) is 4.54. The molecule has 1 aromatic carbocycles. The summed E-state index contributed by atoms with van der Waals surface area (Å²) in [5.41, 5.74) is 2.29. The second-order valence-corrected chi connectivity index (χ2v) is 4.54. The molecule has 1 rings (SSSR count). The van der Waals surface area contributed by atoms with Gasteiger partial charge in [0.05, 0.1) is 6.42 Å². The molecule has 3 heteroatoms. The van der Waals surface area contributed by atoms with E-state index in [4.69, 9.17) is 0 Å². The Kier molecular flexibility index (Phi) is 6.44. The van der Waals surface area contributed by atoms with Gasteiger partial charge in [-0.25, -0.2) is 0 Å². The molecule has 1 aromatic rings. The van der Waals surface area contributed by atoms with Crippen molar-refractivity contribution in [3.63, 3.8) is 0 Å². The third-order valence-corrected chi connectivity index (χ3v) is 3.13. The molecule has 0 bridgehead atoms. The van der Waals surface area contributed by atoms with E-state index in [9.17, 15) is 4.79 Å².